The molecule has 2 aromatic heterocycles. The van der Waals surface area contributed by atoms with E-state index in [1.54, 1.807) is 13.8 Å². The molecule has 0 unspecified atom stereocenters. The van der Waals surface area contributed by atoms with Crippen LogP contribution in [0.25, 0.3) is 5.69 Å². The van der Waals surface area contributed by atoms with Crippen LogP contribution in [0.15, 0.2) is 29.4 Å². The van der Waals surface area contributed by atoms with Gasteiger partial charge in [-0.2, -0.15) is 0 Å². The van der Waals surface area contributed by atoms with E-state index in [9.17, 15) is 14.4 Å². The average Bonchev–Trinajstić information content (AvgIpc) is 3.27. The number of benzene rings is 1. The molecule has 0 bridgehead atoms. The Morgan fingerprint density at radius 2 is 1.84 bits per heavy atom. The molecule has 9 nitrogen and oxygen atoms in total. The molecule has 0 saturated carbocycles. The van der Waals surface area contributed by atoms with Gasteiger partial charge in [0.15, 0.2) is 5.16 Å². The zero-order valence-electron chi connectivity index (χ0n) is 18.1. The maximum atomic E-state index is 12.7. The second-order valence-electron chi connectivity index (χ2n) is 6.88. The third-order valence-corrected chi connectivity index (χ3v) is 6.67. The quantitative estimate of drug-likeness (QED) is 0.379. The minimum atomic E-state index is -0.672. The van der Waals surface area contributed by atoms with Crippen LogP contribution in [0.5, 0.6) is 0 Å². The summed E-state index contributed by atoms with van der Waals surface area (Å²) >= 11 is 2.16. The number of aryl methyl sites for hydroxylation is 2. The van der Waals surface area contributed by atoms with Crippen molar-refractivity contribution in [3.63, 3.8) is 0 Å². The maximum Gasteiger partial charge on any atom is 0.341 e. The first-order chi connectivity index (χ1) is 15.2. The monoisotopic (exact) mass is 473 g/mol. The molecule has 2 heterocycles. The molecule has 0 saturated heterocycles. The number of hydrogen-bond acceptors (Lipinski definition) is 8. The van der Waals surface area contributed by atoms with Crippen LogP contribution in [0.4, 0.5) is 5.00 Å². The van der Waals surface area contributed by atoms with E-state index in [2.05, 4.69) is 15.5 Å². The average molecular weight is 474 g/mol. The number of nitrogens with zero attached hydrogens (tertiary/aromatic N) is 3. The second-order valence-corrected chi connectivity index (χ2v) is 8.85. The lowest BCUT2D eigenvalue weighted by atomic mass is 10.1. The number of primary amides is 1. The highest BCUT2D eigenvalue weighted by Crippen LogP contribution is 2.34. The Hall–Kier alpha value is -3.18. The summed E-state index contributed by atoms with van der Waals surface area (Å²) in [6.45, 7) is 7.28. The summed E-state index contributed by atoms with van der Waals surface area (Å²) in [5.74, 6) is -0.939. The highest BCUT2D eigenvalue weighted by Gasteiger charge is 2.26. The first-order valence-electron chi connectivity index (χ1n) is 9.74. The van der Waals surface area contributed by atoms with Crippen LogP contribution in [0.1, 0.15) is 43.9 Å². The molecule has 0 aliphatic rings. The third kappa shape index (κ3) is 5.00. The molecule has 0 radical (unpaired) electrons. The lowest BCUT2D eigenvalue weighted by Crippen LogP contribution is -2.17. The molecule has 32 heavy (non-hydrogen) atoms. The number of ether oxygens (including phenoxy) is 1. The van der Waals surface area contributed by atoms with Crippen LogP contribution in [0, 0.1) is 20.8 Å². The number of aromatic nitrogens is 3. The summed E-state index contributed by atoms with van der Waals surface area (Å²) in [5, 5.41) is 11.8. The van der Waals surface area contributed by atoms with Crippen LogP contribution in [0.3, 0.4) is 0 Å². The van der Waals surface area contributed by atoms with Gasteiger partial charge in [0.2, 0.25) is 5.91 Å². The van der Waals surface area contributed by atoms with Crippen LogP contribution < -0.4 is 11.1 Å². The van der Waals surface area contributed by atoms with Gasteiger partial charge in [-0.3, -0.25) is 14.2 Å². The number of thioether (sulfide) groups is 1. The number of anilines is 1. The van der Waals surface area contributed by atoms with Crippen molar-refractivity contribution in [1.29, 1.82) is 0 Å². The summed E-state index contributed by atoms with van der Waals surface area (Å²) in [6, 6.07) is 7.90. The Kier molecular flexibility index (Phi) is 7.31. The van der Waals surface area contributed by atoms with Crippen LogP contribution >= 0.6 is 23.1 Å². The lowest BCUT2D eigenvalue weighted by Gasteiger charge is -2.09. The Labute approximate surface area is 193 Å². The molecule has 3 aromatic rings. The van der Waals surface area contributed by atoms with Crippen LogP contribution in [-0.4, -0.2) is 44.9 Å². The van der Waals surface area contributed by atoms with Gasteiger partial charge in [0.25, 0.3) is 5.91 Å². The van der Waals surface area contributed by atoms with Gasteiger partial charge < -0.3 is 15.8 Å². The summed E-state index contributed by atoms with van der Waals surface area (Å²) in [6.07, 6.45) is 0. The second kappa shape index (κ2) is 9.96. The highest BCUT2D eigenvalue weighted by atomic mass is 32.2. The molecular formula is C21H23N5O4S2. The Bertz CT molecular complexity index is 1170. The predicted octanol–water partition coefficient (Wildman–Crippen LogP) is 3.26. The van der Waals surface area contributed by atoms with E-state index in [1.807, 2.05) is 42.7 Å². The van der Waals surface area contributed by atoms with Crippen LogP contribution in [0.2, 0.25) is 0 Å². The van der Waals surface area contributed by atoms with Crippen molar-refractivity contribution >= 4 is 45.9 Å². The Morgan fingerprint density at radius 1 is 1.16 bits per heavy atom. The molecule has 0 aliphatic carbocycles. The minimum absolute atomic E-state index is 0.0229. The Balaban J connectivity index is 1.78. The molecule has 0 spiro atoms. The van der Waals surface area contributed by atoms with Gasteiger partial charge in [-0.15, -0.1) is 21.5 Å². The van der Waals surface area contributed by atoms with Gasteiger partial charge in [-0.05, 0) is 45.4 Å². The third-order valence-electron chi connectivity index (χ3n) is 4.52. The number of rotatable bonds is 8. The zero-order chi connectivity index (χ0) is 23.4. The smallest absolute Gasteiger partial charge is 0.341 e. The topological polar surface area (TPSA) is 129 Å². The molecule has 3 N–H and O–H groups in total. The fourth-order valence-electron chi connectivity index (χ4n) is 3.01. The number of nitrogens with two attached hydrogens (primary N) is 1. The zero-order valence-corrected chi connectivity index (χ0v) is 19.7. The summed E-state index contributed by atoms with van der Waals surface area (Å²) in [4.78, 5) is 36.9. The first-order valence-corrected chi connectivity index (χ1v) is 11.5. The fourth-order valence-corrected chi connectivity index (χ4v) is 4.87. The molecule has 0 aliphatic heterocycles. The van der Waals surface area contributed by atoms with Crippen molar-refractivity contribution in [2.45, 2.75) is 32.9 Å². The molecule has 11 heteroatoms. The van der Waals surface area contributed by atoms with Gasteiger partial charge in [0.1, 0.15) is 10.8 Å². The van der Waals surface area contributed by atoms with Crippen LogP contribution in [-0.2, 0) is 9.53 Å². The number of carbonyl (C=O) groups is 3. The molecule has 2 amide bonds. The van der Waals surface area contributed by atoms with Crippen molar-refractivity contribution < 1.29 is 19.1 Å². The Morgan fingerprint density at radius 3 is 2.47 bits per heavy atom. The summed E-state index contributed by atoms with van der Waals surface area (Å²) in [5.41, 5.74) is 7.96. The van der Waals surface area contributed by atoms with E-state index in [4.69, 9.17) is 10.5 Å². The number of esters is 1. The van der Waals surface area contributed by atoms with Crippen molar-refractivity contribution in [3.05, 3.63) is 51.7 Å². The first kappa shape index (κ1) is 23.5. The van der Waals surface area contributed by atoms with E-state index >= 15 is 0 Å². The molecule has 1 aromatic carbocycles. The van der Waals surface area contributed by atoms with E-state index in [1.165, 1.54) is 11.8 Å². The molecule has 0 fully saturated rings. The van der Waals surface area contributed by atoms with Gasteiger partial charge in [-0.25, -0.2) is 4.79 Å². The number of carbonyl (C=O) groups excluding carboxylic acids is 3. The number of amides is 2. The largest absolute Gasteiger partial charge is 0.462 e. The van der Waals surface area contributed by atoms with Crippen molar-refractivity contribution in [1.82, 2.24) is 14.8 Å². The lowest BCUT2D eigenvalue weighted by molar-refractivity contribution is -0.113. The molecule has 0 atom stereocenters. The molecule has 3 rings (SSSR count). The van der Waals surface area contributed by atoms with Gasteiger partial charge in [0.05, 0.1) is 22.8 Å². The van der Waals surface area contributed by atoms with Gasteiger partial charge in [-0.1, -0.05) is 29.5 Å². The number of thiophene rings is 1. The van der Waals surface area contributed by atoms with Gasteiger partial charge in [0, 0.05) is 5.69 Å². The summed E-state index contributed by atoms with van der Waals surface area (Å²) < 4.78 is 6.93. The van der Waals surface area contributed by atoms with E-state index < -0.39 is 11.9 Å². The van der Waals surface area contributed by atoms with Crippen molar-refractivity contribution in [2.75, 3.05) is 17.7 Å². The molecular weight excluding hydrogens is 450 g/mol. The fraction of sp³-hybridized carbons (Fsp3) is 0.286. The standard InChI is InChI=1S/C21H23N5O4S2/c1-5-30-20(29)16-12(3)17(18(22)28)32-19(16)23-15(27)10-31-21-25-24-13(4)26(21)14-8-6-11(2)7-9-14/h6-9H,5,10H2,1-4H3,(H2,22,28)(H,23,27). The SMILES string of the molecule is CCOC(=O)c1c(NC(=O)CSc2nnc(C)n2-c2ccc(C)cc2)sc(C(N)=O)c1C. The predicted molar refractivity (Wildman–Crippen MR) is 124 cm³/mol. The number of nitrogens with one attached hydrogen (secondary N) is 1. The van der Waals surface area contributed by atoms with E-state index in [-0.39, 0.29) is 33.7 Å². The normalized spacial score (nSPS) is 10.8. The van der Waals surface area contributed by atoms with E-state index in [0.29, 0.717) is 16.5 Å². The highest BCUT2D eigenvalue weighted by molar-refractivity contribution is 7.99. The van der Waals surface area contributed by atoms with E-state index in [0.717, 1.165) is 22.6 Å². The maximum absolute atomic E-state index is 12.7. The summed E-state index contributed by atoms with van der Waals surface area (Å²) in [7, 11) is 0. The minimum Gasteiger partial charge on any atom is -0.462 e. The van der Waals surface area contributed by atoms with Crippen molar-refractivity contribution in [3.8, 4) is 5.69 Å². The number of hydrogen-bond donors (Lipinski definition) is 2. The molecule has 168 valence electrons. The van der Waals surface area contributed by atoms with Crippen molar-refractivity contribution in [2.24, 2.45) is 5.73 Å². The van der Waals surface area contributed by atoms with Gasteiger partial charge >= 0.3 is 5.97 Å².